The van der Waals surface area contributed by atoms with Crippen molar-refractivity contribution in [2.24, 2.45) is 0 Å². The number of nitrogens with one attached hydrogen (secondary N) is 1. The number of hydrogen-bond donors (Lipinski definition) is 2. The molecule has 2 heterocycles. The van der Waals surface area contributed by atoms with Crippen LogP contribution in [0.2, 0.25) is 5.02 Å². The molecule has 2 amide bonds. The van der Waals surface area contributed by atoms with Crippen molar-refractivity contribution in [3.8, 4) is 11.3 Å². The first-order valence-electron chi connectivity index (χ1n) is 8.42. The Balaban J connectivity index is 1.67. The van der Waals surface area contributed by atoms with Gasteiger partial charge in [0.2, 0.25) is 0 Å². The molecule has 2 N–H and O–H groups in total. The van der Waals surface area contributed by atoms with E-state index in [4.69, 9.17) is 16.0 Å². The summed E-state index contributed by atoms with van der Waals surface area (Å²) >= 11 is 6.05. The van der Waals surface area contributed by atoms with Crippen LogP contribution in [0.15, 0.2) is 59.0 Å². The minimum absolute atomic E-state index is 0.228. The van der Waals surface area contributed by atoms with Gasteiger partial charge >= 0.3 is 0 Å². The van der Waals surface area contributed by atoms with Crippen molar-refractivity contribution in [3.05, 3.63) is 76.5 Å². The molecule has 0 fully saturated rings. The number of hydrogen-bond acceptors (Lipinski definition) is 4. The molecule has 0 unspecified atom stereocenters. The molecule has 28 heavy (non-hydrogen) atoms. The van der Waals surface area contributed by atoms with Crippen LogP contribution in [-0.2, 0) is 4.79 Å². The Kier molecular flexibility index (Phi) is 4.50. The summed E-state index contributed by atoms with van der Waals surface area (Å²) in [6.07, 6.45) is 1.65. The molecular formula is C21H15ClN2O4. The number of benzene rings is 2. The van der Waals surface area contributed by atoms with E-state index >= 15 is 0 Å². The lowest BCUT2D eigenvalue weighted by atomic mass is 10.1. The Bertz CT molecular complexity index is 1130. The number of carbonyl (C=O) groups is 2. The van der Waals surface area contributed by atoms with Gasteiger partial charge in [-0.15, -0.1) is 0 Å². The van der Waals surface area contributed by atoms with Crippen molar-refractivity contribution in [2.45, 2.75) is 0 Å². The molecule has 1 aliphatic rings. The van der Waals surface area contributed by atoms with Crippen LogP contribution in [-0.4, -0.2) is 29.1 Å². The molecule has 1 aromatic heterocycles. The van der Waals surface area contributed by atoms with Gasteiger partial charge in [-0.3, -0.25) is 14.8 Å². The van der Waals surface area contributed by atoms with Crippen molar-refractivity contribution < 1.29 is 19.2 Å². The Morgan fingerprint density at radius 1 is 1.18 bits per heavy atom. The van der Waals surface area contributed by atoms with Crippen molar-refractivity contribution >= 4 is 40.8 Å². The van der Waals surface area contributed by atoms with Gasteiger partial charge in [0.15, 0.2) is 0 Å². The summed E-state index contributed by atoms with van der Waals surface area (Å²) in [6.45, 7) is 0. The molecule has 0 saturated heterocycles. The fourth-order valence-corrected chi connectivity index (χ4v) is 3.20. The molecule has 6 nitrogen and oxygen atoms in total. The summed E-state index contributed by atoms with van der Waals surface area (Å²) in [5.74, 6) is 0.274. The van der Waals surface area contributed by atoms with Crippen LogP contribution in [0, 0.1) is 0 Å². The van der Waals surface area contributed by atoms with Gasteiger partial charge in [-0.1, -0.05) is 23.7 Å². The second-order valence-electron chi connectivity index (χ2n) is 6.31. The van der Waals surface area contributed by atoms with Crippen molar-refractivity contribution in [3.63, 3.8) is 0 Å². The predicted octanol–water partition coefficient (Wildman–Crippen LogP) is 4.55. The third-order valence-corrected chi connectivity index (χ3v) is 4.60. The number of halogens is 1. The summed E-state index contributed by atoms with van der Waals surface area (Å²) in [7, 11) is 1.27. The Morgan fingerprint density at radius 2 is 2.00 bits per heavy atom. The zero-order valence-corrected chi connectivity index (χ0v) is 15.5. The van der Waals surface area contributed by atoms with Gasteiger partial charge in [-0.05, 0) is 48.5 Å². The van der Waals surface area contributed by atoms with Crippen LogP contribution < -0.4 is 5.32 Å². The normalized spacial score (nSPS) is 14.1. The number of hydroxylamine groups is 2. The summed E-state index contributed by atoms with van der Waals surface area (Å²) in [6, 6.07) is 15.4. The summed E-state index contributed by atoms with van der Waals surface area (Å²) in [5, 5.41) is 13.2. The van der Waals surface area contributed by atoms with Crippen LogP contribution >= 0.6 is 11.6 Å². The Morgan fingerprint density at radius 3 is 2.79 bits per heavy atom. The highest BCUT2D eigenvalue weighted by atomic mass is 35.5. The van der Waals surface area contributed by atoms with E-state index in [0.29, 0.717) is 49.6 Å². The first-order chi connectivity index (χ1) is 13.4. The highest BCUT2D eigenvalue weighted by molar-refractivity contribution is 6.36. The topological polar surface area (TPSA) is 82.8 Å². The second-order valence-corrected chi connectivity index (χ2v) is 6.75. The van der Waals surface area contributed by atoms with E-state index in [1.165, 1.54) is 7.05 Å². The number of carbonyl (C=O) groups excluding carboxylic acids is 2. The molecule has 1 aliphatic heterocycles. The molecule has 140 valence electrons. The highest BCUT2D eigenvalue weighted by Crippen LogP contribution is 2.35. The number of amides is 2. The Hall–Kier alpha value is -3.35. The van der Waals surface area contributed by atoms with Gasteiger partial charge in [0, 0.05) is 34.4 Å². The van der Waals surface area contributed by atoms with Crippen LogP contribution in [0.4, 0.5) is 5.69 Å². The molecule has 4 rings (SSSR count). The summed E-state index contributed by atoms with van der Waals surface area (Å²) in [4.78, 5) is 24.2. The molecule has 3 aromatic rings. The van der Waals surface area contributed by atoms with Crippen LogP contribution in [0.3, 0.4) is 0 Å². The van der Waals surface area contributed by atoms with Gasteiger partial charge < -0.3 is 9.73 Å². The third-order valence-electron chi connectivity index (χ3n) is 4.37. The largest absolute Gasteiger partial charge is 0.457 e. The maximum atomic E-state index is 12.3. The number of nitrogens with zero attached hydrogens (tertiary/aromatic N) is 1. The lowest BCUT2D eigenvalue weighted by Crippen LogP contribution is -2.22. The maximum Gasteiger partial charge on any atom is 0.276 e. The van der Waals surface area contributed by atoms with E-state index < -0.39 is 5.91 Å². The quantitative estimate of drug-likeness (QED) is 0.387. The van der Waals surface area contributed by atoms with Crippen molar-refractivity contribution in [1.82, 2.24) is 5.06 Å². The monoisotopic (exact) mass is 394 g/mol. The standard InChI is InChI=1S/C21H15ClN2O4/c1-24(27)21(26)13-4-2-3-12(9-13)19-8-6-15(28-19)11-17-16-10-14(22)5-7-18(16)23-20(17)25/h2-11,27H,1H3,(H,23,25)/b17-11+. The van der Waals surface area contributed by atoms with E-state index in [0.717, 1.165) is 0 Å². The lowest BCUT2D eigenvalue weighted by Gasteiger charge is -2.08. The molecule has 0 aliphatic carbocycles. The van der Waals surface area contributed by atoms with E-state index in [1.54, 1.807) is 60.7 Å². The van der Waals surface area contributed by atoms with Gasteiger partial charge in [0.25, 0.3) is 11.8 Å². The molecular weight excluding hydrogens is 380 g/mol. The smallest absolute Gasteiger partial charge is 0.276 e. The fraction of sp³-hybridized carbons (Fsp3) is 0.0476. The molecule has 0 spiro atoms. The minimum Gasteiger partial charge on any atom is -0.457 e. The zero-order chi connectivity index (χ0) is 19.8. The molecule has 2 aromatic carbocycles. The predicted molar refractivity (Wildman–Crippen MR) is 106 cm³/mol. The van der Waals surface area contributed by atoms with E-state index in [-0.39, 0.29) is 5.91 Å². The van der Waals surface area contributed by atoms with Gasteiger partial charge in [-0.2, -0.15) is 0 Å². The number of fused-ring (bicyclic) bond motifs is 1. The fourth-order valence-electron chi connectivity index (χ4n) is 3.02. The third kappa shape index (κ3) is 3.31. The molecule has 0 bridgehead atoms. The number of rotatable bonds is 3. The van der Waals surface area contributed by atoms with Gasteiger partial charge in [-0.25, -0.2) is 5.06 Å². The average molecular weight is 395 g/mol. The summed E-state index contributed by atoms with van der Waals surface area (Å²) < 4.78 is 5.84. The number of furan rings is 1. The zero-order valence-electron chi connectivity index (χ0n) is 14.8. The molecule has 0 saturated carbocycles. The minimum atomic E-state index is -0.521. The summed E-state index contributed by atoms with van der Waals surface area (Å²) in [5.41, 5.74) is 2.89. The van der Waals surface area contributed by atoms with Crippen LogP contribution in [0.1, 0.15) is 21.7 Å². The molecule has 7 heteroatoms. The second kappa shape index (κ2) is 6.99. The Labute approximate surface area is 165 Å². The van der Waals surface area contributed by atoms with E-state index in [1.807, 2.05) is 0 Å². The first kappa shape index (κ1) is 18.0. The van der Waals surface area contributed by atoms with Crippen LogP contribution in [0.25, 0.3) is 23.0 Å². The molecule has 0 atom stereocenters. The van der Waals surface area contributed by atoms with Crippen molar-refractivity contribution in [1.29, 1.82) is 0 Å². The maximum absolute atomic E-state index is 12.3. The highest BCUT2D eigenvalue weighted by Gasteiger charge is 2.24. The average Bonchev–Trinajstić information content (AvgIpc) is 3.27. The van der Waals surface area contributed by atoms with Gasteiger partial charge in [0.1, 0.15) is 11.5 Å². The molecule has 0 radical (unpaired) electrons. The van der Waals surface area contributed by atoms with Crippen molar-refractivity contribution in [2.75, 3.05) is 12.4 Å². The van der Waals surface area contributed by atoms with Gasteiger partial charge in [0.05, 0.1) is 5.57 Å². The van der Waals surface area contributed by atoms with E-state index in [9.17, 15) is 14.8 Å². The number of anilines is 1. The first-order valence-corrected chi connectivity index (χ1v) is 8.80. The SMILES string of the molecule is CN(O)C(=O)c1cccc(-c2ccc(/C=C3/C(=O)Nc4ccc(Cl)cc43)o2)c1. The van der Waals surface area contributed by atoms with E-state index in [2.05, 4.69) is 5.32 Å². The lowest BCUT2D eigenvalue weighted by molar-refractivity contribution is -0.110. The van der Waals surface area contributed by atoms with Crippen LogP contribution in [0.5, 0.6) is 0 Å².